The molecule has 2 aromatic rings. The molecule has 2 saturated heterocycles. The number of ether oxygens (including phenoxy) is 1. The van der Waals surface area contributed by atoms with E-state index < -0.39 is 0 Å². The molecule has 0 spiro atoms. The van der Waals surface area contributed by atoms with E-state index in [4.69, 9.17) is 10.00 Å². The van der Waals surface area contributed by atoms with Crippen molar-refractivity contribution < 1.29 is 13.9 Å². The topological polar surface area (TPSA) is 69.5 Å². The number of rotatable bonds is 6. The van der Waals surface area contributed by atoms with E-state index in [1.54, 1.807) is 12.3 Å². The number of aromatic nitrogens is 1. The highest BCUT2D eigenvalue weighted by molar-refractivity contribution is 9.10. The summed E-state index contributed by atoms with van der Waals surface area (Å²) in [6, 6.07) is 10.9. The van der Waals surface area contributed by atoms with E-state index in [1.807, 2.05) is 24.0 Å². The van der Waals surface area contributed by atoms with Gasteiger partial charge in [-0.1, -0.05) is 22.9 Å². The van der Waals surface area contributed by atoms with Gasteiger partial charge in [-0.3, -0.25) is 4.79 Å². The second kappa shape index (κ2) is 9.33. The second-order valence-electron chi connectivity index (χ2n) is 8.02. The minimum atomic E-state index is -0.336. The standard InChI is InChI=1S/C23H24BrFN4O2/c1-2-21(16-7-17(24)9-18(25)8-16)31-14-23(30)28-12-19-4-5-20(13-28)29(19)22-6-3-15(10-26)11-27-22/h3,6-9,11,19-21H,2,4-5,12-14H2,1H3. The number of halogens is 2. The quantitative estimate of drug-likeness (QED) is 0.611. The van der Waals surface area contributed by atoms with Crippen LogP contribution in [0.1, 0.15) is 43.4 Å². The molecule has 2 bridgehead atoms. The fourth-order valence-electron chi connectivity index (χ4n) is 4.56. The van der Waals surface area contributed by atoms with Crippen LogP contribution >= 0.6 is 15.9 Å². The van der Waals surface area contributed by atoms with Crippen LogP contribution in [0.25, 0.3) is 0 Å². The van der Waals surface area contributed by atoms with Crippen LogP contribution in [0.3, 0.4) is 0 Å². The molecule has 0 radical (unpaired) electrons. The van der Waals surface area contributed by atoms with Gasteiger partial charge in [0, 0.05) is 35.8 Å². The molecule has 1 amide bonds. The van der Waals surface area contributed by atoms with Gasteiger partial charge in [0.15, 0.2) is 0 Å². The van der Waals surface area contributed by atoms with Crippen molar-refractivity contribution in [1.29, 1.82) is 5.26 Å². The Morgan fingerprint density at radius 3 is 2.65 bits per heavy atom. The minimum Gasteiger partial charge on any atom is -0.364 e. The molecule has 2 aliphatic heterocycles. The molecule has 31 heavy (non-hydrogen) atoms. The number of pyridine rings is 1. The third-order valence-electron chi connectivity index (χ3n) is 6.01. The lowest BCUT2D eigenvalue weighted by Crippen LogP contribution is -2.56. The molecule has 6 nitrogen and oxygen atoms in total. The van der Waals surface area contributed by atoms with Gasteiger partial charge in [-0.25, -0.2) is 9.37 Å². The van der Waals surface area contributed by atoms with Gasteiger partial charge in [0.25, 0.3) is 0 Å². The normalized spacial score (nSPS) is 21.1. The summed E-state index contributed by atoms with van der Waals surface area (Å²) in [4.78, 5) is 21.5. The second-order valence-corrected chi connectivity index (χ2v) is 8.93. The molecule has 8 heteroatoms. The van der Waals surface area contributed by atoms with E-state index in [1.165, 1.54) is 12.1 Å². The minimum absolute atomic E-state index is 0.0266. The SMILES string of the molecule is CCC(OCC(=O)N1CC2CCC(C1)N2c1ccc(C#N)cn1)c1cc(F)cc(Br)c1. The Hall–Kier alpha value is -2.50. The zero-order chi connectivity index (χ0) is 22.0. The number of carbonyl (C=O) groups excluding carboxylic acids is 1. The molecule has 1 aromatic carbocycles. The summed E-state index contributed by atoms with van der Waals surface area (Å²) in [5.41, 5.74) is 1.26. The monoisotopic (exact) mass is 486 g/mol. The van der Waals surface area contributed by atoms with E-state index >= 15 is 0 Å². The molecule has 162 valence electrons. The number of carbonyl (C=O) groups is 1. The van der Waals surface area contributed by atoms with Crippen molar-refractivity contribution in [3.05, 3.63) is 57.9 Å². The van der Waals surface area contributed by atoms with Gasteiger partial charge in [0.1, 0.15) is 24.3 Å². The third-order valence-corrected chi connectivity index (χ3v) is 6.47. The molecule has 3 atom stereocenters. The highest BCUT2D eigenvalue weighted by Gasteiger charge is 2.42. The Kier molecular flexibility index (Phi) is 6.54. The zero-order valence-corrected chi connectivity index (χ0v) is 18.9. The zero-order valence-electron chi connectivity index (χ0n) is 17.3. The van der Waals surface area contributed by atoms with E-state index in [0.29, 0.717) is 29.5 Å². The lowest BCUT2D eigenvalue weighted by atomic mass is 10.1. The maximum Gasteiger partial charge on any atom is 0.248 e. The lowest BCUT2D eigenvalue weighted by Gasteiger charge is -2.41. The number of hydrogen-bond donors (Lipinski definition) is 0. The number of piperazine rings is 1. The maximum atomic E-state index is 13.7. The number of hydrogen-bond acceptors (Lipinski definition) is 5. The summed E-state index contributed by atoms with van der Waals surface area (Å²) in [5, 5.41) is 8.98. The van der Waals surface area contributed by atoms with E-state index in [-0.39, 0.29) is 36.5 Å². The fourth-order valence-corrected chi connectivity index (χ4v) is 5.04. The number of benzene rings is 1. The van der Waals surface area contributed by atoms with Gasteiger partial charge in [-0.15, -0.1) is 0 Å². The van der Waals surface area contributed by atoms with Crippen LogP contribution in [0, 0.1) is 17.1 Å². The van der Waals surface area contributed by atoms with Gasteiger partial charge in [0.2, 0.25) is 5.91 Å². The Bertz CT molecular complexity index is 960. The Balaban J connectivity index is 1.38. The fraction of sp³-hybridized carbons (Fsp3) is 0.435. The van der Waals surface area contributed by atoms with Gasteiger partial charge in [0.05, 0.1) is 11.7 Å². The first-order valence-corrected chi connectivity index (χ1v) is 11.3. The Morgan fingerprint density at radius 1 is 1.32 bits per heavy atom. The molecule has 2 aliphatic rings. The van der Waals surface area contributed by atoms with Crippen molar-refractivity contribution in [2.75, 3.05) is 24.6 Å². The molecule has 3 unspecified atom stereocenters. The molecular weight excluding hydrogens is 463 g/mol. The summed E-state index contributed by atoms with van der Waals surface area (Å²) >= 11 is 3.31. The summed E-state index contributed by atoms with van der Waals surface area (Å²) in [7, 11) is 0. The van der Waals surface area contributed by atoms with Gasteiger partial charge in [-0.2, -0.15) is 5.26 Å². The lowest BCUT2D eigenvalue weighted by molar-refractivity contribution is -0.139. The Morgan fingerprint density at radius 2 is 2.06 bits per heavy atom. The summed E-state index contributed by atoms with van der Waals surface area (Å²) in [6.45, 7) is 3.18. The van der Waals surface area contributed by atoms with Crippen molar-refractivity contribution >= 4 is 27.7 Å². The number of fused-ring (bicyclic) bond motifs is 2. The average Bonchev–Trinajstić information content (AvgIpc) is 3.02. The molecule has 2 fully saturated rings. The third kappa shape index (κ3) is 4.73. The Labute approximate surface area is 189 Å². The number of likely N-dealkylation sites (tertiary alicyclic amines) is 1. The highest BCUT2D eigenvalue weighted by Crippen LogP contribution is 2.34. The smallest absolute Gasteiger partial charge is 0.248 e. The molecule has 0 aliphatic carbocycles. The average molecular weight is 487 g/mol. The van der Waals surface area contributed by atoms with Crippen molar-refractivity contribution in [3.8, 4) is 6.07 Å². The van der Waals surface area contributed by atoms with Crippen LogP contribution in [0.4, 0.5) is 10.2 Å². The van der Waals surface area contributed by atoms with Crippen LogP contribution in [-0.4, -0.2) is 47.6 Å². The number of anilines is 1. The summed E-state index contributed by atoms with van der Waals surface area (Å²) in [6.07, 6.45) is 3.91. The predicted molar refractivity (Wildman–Crippen MR) is 118 cm³/mol. The van der Waals surface area contributed by atoms with Crippen molar-refractivity contribution in [1.82, 2.24) is 9.88 Å². The van der Waals surface area contributed by atoms with E-state index in [2.05, 4.69) is 31.9 Å². The molecule has 3 heterocycles. The molecule has 0 saturated carbocycles. The van der Waals surface area contributed by atoms with Crippen molar-refractivity contribution in [3.63, 3.8) is 0 Å². The van der Waals surface area contributed by atoms with Crippen LogP contribution in [0.5, 0.6) is 0 Å². The highest BCUT2D eigenvalue weighted by atomic mass is 79.9. The number of nitriles is 1. The maximum absolute atomic E-state index is 13.7. The van der Waals surface area contributed by atoms with Crippen LogP contribution < -0.4 is 4.90 Å². The molecular formula is C23H24BrFN4O2. The molecule has 4 rings (SSSR count). The van der Waals surface area contributed by atoms with Crippen LogP contribution in [-0.2, 0) is 9.53 Å². The molecule has 0 N–H and O–H groups in total. The van der Waals surface area contributed by atoms with Gasteiger partial charge in [-0.05, 0) is 55.2 Å². The first-order chi connectivity index (χ1) is 15.0. The largest absolute Gasteiger partial charge is 0.364 e. The summed E-state index contributed by atoms with van der Waals surface area (Å²) < 4.78 is 20.3. The van der Waals surface area contributed by atoms with E-state index in [9.17, 15) is 9.18 Å². The van der Waals surface area contributed by atoms with Gasteiger partial charge >= 0.3 is 0 Å². The summed E-state index contributed by atoms with van der Waals surface area (Å²) in [5.74, 6) is 0.484. The van der Waals surface area contributed by atoms with Crippen LogP contribution in [0.2, 0.25) is 0 Å². The predicted octanol–water partition coefficient (Wildman–Crippen LogP) is 4.20. The van der Waals surface area contributed by atoms with Gasteiger partial charge < -0.3 is 14.5 Å². The van der Waals surface area contributed by atoms with Crippen molar-refractivity contribution in [2.24, 2.45) is 0 Å². The van der Waals surface area contributed by atoms with Crippen LogP contribution in [0.15, 0.2) is 41.0 Å². The van der Waals surface area contributed by atoms with Crippen molar-refractivity contribution in [2.45, 2.75) is 44.4 Å². The number of amides is 1. The first-order valence-electron chi connectivity index (χ1n) is 10.5. The number of nitrogens with zero attached hydrogens (tertiary/aromatic N) is 4. The molecule has 1 aromatic heterocycles. The first kappa shape index (κ1) is 21.7. The van der Waals surface area contributed by atoms with E-state index in [0.717, 1.165) is 24.2 Å².